The van der Waals surface area contributed by atoms with Gasteiger partial charge in [0.25, 0.3) is 0 Å². The third-order valence-corrected chi connectivity index (χ3v) is 4.69. The zero-order valence-electron chi connectivity index (χ0n) is 11.5. The number of nitrogens with zero attached hydrogens (tertiary/aromatic N) is 1. The average molecular weight is 315 g/mol. The molecule has 5 nitrogen and oxygen atoms in total. The van der Waals surface area contributed by atoms with Gasteiger partial charge >= 0.3 is 12.1 Å². The van der Waals surface area contributed by atoms with Gasteiger partial charge in [-0.2, -0.15) is 17.5 Å². The molecule has 0 aromatic carbocycles. The summed E-state index contributed by atoms with van der Waals surface area (Å²) in [5.41, 5.74) is -2.38. The molecule has 0 fully saturated rings. The summed E-state index contributed by atoms with van der Waals surface area (Å²) in [5.74, 6) is -1.62. The number of esters is 1. The molecule has 116 valence electrons. The van der Waals surface area contributed by atoms with E-state index in [1.54, 1.807) is 0 Å². The molecule has 0 bridgehead atoms. The predicted molar refractivity (Wildman–Crippen MR) is 65.3 cm³/mol. The Balaban J connectivity index is 3.64. The van der Waals surface area contributed by atoms with E-state index in [0.717, 1.165) is 7.11 Å². The highest BCUT2D eigenvalue weighted by Crippen LogP contribution is 2.45. The molecule has 0 amide bonds. The van der Waals surface area contributed by atoms with Crippen LogP contribution in [0.4, 0.5) is 13.2 Å². The van der Waals surface area contributed by atoms with Gasteiger partial charge in [0.1, 0.15) is 0 Å². The first-order valence-corrected chi connectivity index (χ1v) is 7.51. The number of ether oxygens (including phenoxy) is 1. The lowest BCUT2D eigenvalue weighted by Gasteiger charge is -2.44. The summed E-state index contributed by atoms with van der Waals surface area (Å²) in [7, 11) is -3.45. The van der Waals surface area contributed by atoms with Gasteiger partial charge in [-0.05, 0) is 13.8 Å². The molecule has 1 atom stereocenters. The van der Waals surface area contributed by atoms with Gasteiger partial charge in [0.05, 0.1) is 13.4 Å². The zero-order chi connectivity index (χ0) is 15.9. The monoisotopic (exact) mass is 315 g/mol. The molecule has 0 saturated carbocycles. The summed E-state index contributed by atoms with van der Waals surface area (Å²) in [5, 5.41) is 0. The topological polar surface area (TPSA) is 63.7 Å². The Morgan fingerprint density at radius 3 is 2.15 bits per heavy atom. The molecule has 0 aromatic rings. The fourth-order valence-electron chi connectivity index (χ4n) is 2.21. The molecule has 0 N–H and O–H groups in total. The fourth-order valence-corrected chi connectivity index (χ4v) is 3.45. The van der Waals surface area contributed by atoms with E-state index in [1.807, 2.05) is 0 Å². The van der Waals surface area contributed by atoms with Crippen LogP contribution in [-0.2, 0) is 19.6 Å². The Morgan fingerprint density at radius 1 is 1.30 bits per heavy atom. The van der Waals surface area contributed by atoms with E-state index in [2.05, 4.69) is 4.74 Å². The molecule has 9 heteroatoms. The van der Waals surface area contributed by atoms with Crippen LogP contribution in [0.25, 0.3) is 0 Å². The minimum atomic E-state index is -5.08. The summed E-state index contributed by atoms with van der Waals surface area (Å²) in [4.78, 5) is 11.8. The van der Waals surface area contributed by atoms with Crippen LogP contribution in [0, 0.1) is 0 Å². The van der Waals surface area contributed by atoms with Crippen molar-refractivity contribution in [3.63, 3.8) is 0 Å². The van der Waals surface area contributed by atoms with Crippen molar-refractivity contribution >= 4 is 16.0 Å². The molecule has 0 aromatic heterocycles. The van der Waals surface area contributed by atoms with Crippen molar-refractivity contribution in [2.75, 3.05) is 19.9 Å². The Hall–Kier alpha value is -1.09. The normalized spacial score (nSPS) is 25.8. The highest BCUT2D eigenvalue weighted by molar-refractivity contribution is 7.88. The van der Waals surface area contributed by atoms with E-state index < -0.39 is 40.7 Å². The molecule has 0 radical (unpaired) electrons. The molecule has 1 rings (SSSR count). The molecule has 20 heavy (non-hydrogen) atoms. The second-order valence-corrected chi connectivity index (χ2v) is 6.76. The van der Waals surface area contributed by atoms with Crippen LogP contribution < -0.4 is 0 Å². The second-order valence-electron chi connectivity index (χ2n) is 4.86. The summed E-state index contributed by atoms with van der Waals surface area (Å²) in [6, 6.07) is 0. The first-order valence-electron chi connectivity index (χ1n) is 5.66. The van der Waals surface area contributed by atoms with Gasteiger partial charge in [0.15, 0.2) is 0 Å². The minimum absolute atomic E-state index is 0.175. The maximum atomic E-state index is 13.5. The third kappa shape index (κ3) is 2.56. The molecule has 1 heterocycles. The van der Waals surface area contributed by atoms with Crippen molar-refractivity contribution in [3.8, 4) is 0 Å². The molecule has 1 unspecified atom stereocenters. The molecule has 0 spiro atoms. The number of methoxy groups -OCH3 is 1. The maximum Gasteiger partial charge on any atom is 0.418 e. The number of hydrogen-bond acceptors (Lipinski definition) is 4. The lowest BCUT2D eigenvalue weighted by atomic mass is 9.85. The Morgan fingerprint density at radius 2 is 1.80 bits per heavy atom. The van der Waals surface area contributed by atoms with Gasteiger partial charge in [-0.25, -0.2) is 13.2 Å². The van der Waals surface area contributed by atoms with Crippen molar-refractivity contribution in [1.29, 1.82) is 0 Å². The van der Waals surface area contributed by atoms with Crippen molar-refractivity contribution in [2.45, 2.75) is 32.0 Å². The second kappa shape index (κ2) is 5.03. The molecule has 1 aliphatic rings. The summed E-state index contributed by atoms with van der Waals surface area (Å²) >= 11 is 0. The van der Waals surface area contributed by atoms with E-state index in [-0.39, 0.29) is 4.31 Å². The van der Waals surface area contributed by atoms with Gasteiger partial charge in [-0.1, -0.05) is 11.1 Å². The van der Waals surface area contributed by atoms with Crippen LogP contribution in [0.1, 0.15) is 20.3 Å². The molecule has 0 aliphatic carbocycles. The first kappa shape index (κ1) is 17.0. The van der Waals surface area contributed by atoms with Crippen LogP contribution >= 0.6 is 0 Å². The summed E-state index contributed by atoms with van der Waals surface area (Å²) in [6.45, 7) is 2.49. The van der Waals surface area contributed by atoms with Crippen LogP contribution in [0.3, 0.4) is 0 Å². The van der Waals surface area contributed by atoms with Gasteiger partial charge in [-0.3, -0.25) is 0 Å². The highest BCUT2D eigenvalue weighted by atomic mass is 32.2. The number of alkyl halides is 3. The summed E-state index contributed by atoms with van der Waals surface area (Å²) < 4.78 is 68.3. The van der Waals surface area contributed by atoms with E-state index in [9.17, 15) is 26.4 Å². The van der Waals surface area contributed by atoms with Gasteiger partial charge in [-0.15, -0.1) is 0 Å². The minimum Gasteiger partial charge on any atom is -0.467 e. The van der Waals surface area contributed by atoms with Crippen LogP contribution in [0.5, 0.6) is 0 Å². The number of rotatable bonds is 2. The molecule has 0 saturated heterocycles. The standard InChI is InChI=1S/C11H16F3NO4S/c1-7-5-10(9(16)19-3,11(12,13)14)15(6-8(7)2)20(4,17)18/h5-6H2,1-4H3. The van der Waals surface area contributed by atoms with Crippen LogP contribution in [0.15, 0.2) is 11.1 Å². The van der Waals surface area contributed by atoms with E-state index in [1.165, 1.54) is 13.8 Å². The van der Waals surface area contributed by atoms with Crippen molar-refractivity contribution in [2.24, 2.45) is 0 Å². The Labute approximate surface area is 115 Å². The predicted octanol–water partition coefficient (Wildman–Crippen LogP) is 1.46. The van der Waals surface area contributed by atoms with Crippen LogP contribution in [-0.4, -0.2) is 50.3 Å². The SMILES string of the molecule is COC(=O)C1(C(F)(F)F)CC(C)=C(C)CN1S(C)(=O)=O. The van der Waals surface area contributed by atoms with Crippen molar-refractivity contribution < 1.29 is 31.1 Å². The fraction of sp³-hybridized carbons (Fsp3) is 0.727. The quantitative estimate of drug-likeness (QED) is 0.572. The summed E-state index contributed by atoms with van der Waals surface area (Å²) in [6.07, 6.45) is -5.20. The van der Waals surface area contributed by atoms with Crippen LogP contribution in [0.2, 0.25) is 0 Å². The number of carbonyl (C=O) groups is 1. The number of halogens is 3. The number of hydrogen-bond donors (Lipinski definition) is 0. The Kier molecular flexibility index (Phi) is 4.27. The Bertz CT molecular complexity index is 553. The number of carbonyl (C=O) groups excluding carboxylic acids is 1. The number of sulfonamides is 1. The van der Waals surface area contributed by atoms with E-state index in [4.69, 9.17) is 0 Å². The van der Waals surface area contributed by atoms with E-state index in [0.29, 0.717) is 17.4 Å². The smallest absolute Gasteiger partial charge is 0.418 e. The largest absolute Gasteiger partial charge is 0.467 e. The van der Waals surface area contributed by atoms with Crippen molar-refractivity contribution in [3.05, 3.63) is 11.1 Å². The van der Waals surface area contributed by atoms with E-state index >= 15 is 0 Å². The zero-order valence-corrected chi connectivity index (χ0v) is 12.4. The third-order valence-electron chi connectivity index (χ3n) is 3.45. The average Bonchev–Trinajstić information content (AvgIpc) is 2.28. The van der Waals surface area contributed by atoms with Gasteiger partial charge in [0, 0.05) is 13.0 Å². The molecular formula is C11H16F3NO4S. The van der Waals surface area contributed by atoms with Gasteiger partial charge in [0.2, 0.25) is 15.6 Å². The highest BCUT2D eigenvalue weighted by Gasteiger charge is 2.68. The molecule has 1 aliphatic heterocycles. The first-order chi connectivity index (χ1) is 8.88. The molecular weight excluding hydrogens is 299 g/mol. The van der Waals surface area contributed by atoms with Gasteiger partial charge < -0.3 is 4.74 Å². The van der Waals surface area contributed by atoms with Crippen molar-refractivity contribution in [1.82, 2.24) is 4.31 Å². The maximum absolute atomic E-state index is 13.5. The lowest BCUT2D eigenvalue weighted by molar-refractivity contribution is -0.228. The lowest BCUT2D eigenvalue weighted by Crippen LogP contribution is -2.67.